The fraction of sp³-hybridized carbons (Fsp3) is 0.333. The Morgan fingerprint density at radius 1 is 1.24 bits per heavy atom. The number of fused-ring (bicyclic) bond motifs is 1. The summed E-state index contributed by atoms with van der Waals surface area (Å²) < 4.78 is 3.25. The highest BCUT2D eigenvalue weighted by molar-refractivity contribution is 5.79. The van der Waals surface area contributed by atoms with Gasteiger partial charge in [0.1, 0.15) is 0 Å². The van der Waals surface area contributed by atoms with Crippen LogP contribution in [0.2, 0.25) is 0 Å². The van der Waals surface area contributed by atoms with Gasteiger partial charge in [0.2, 0.25) is 0 Å². The predicted octanol–water partition coefficient (Wildman–Crippen LogP) is 0.502. The minimum absolute atomic E-state index is 0.0354. The zero-order chi connectivity index (χ0) is 12.4. The number of carbonyl (C=O) groups excluding carboxylic acids is 2. The molecule has 0 atom stereocenters. The fourth-order valence-electron chi connectivity index (χ4n) is 1.78. The summed E-state index contributed by atoms with van der Waals surface area (Å²) in [6.45, 7) is 3.49. The summed E-state index contributed by atoms with van der Waals surface area (Å²) in [5, 5.41) is 4.26. The summed E-state index contributed by atoms with van der Waals surface area (Å²) in [6.07, 6.45) is 0. The Morgan fingerprint density at radius 3 is 2.59 bits per heavy atom. The number of hydrogen-bond acceptors (Lipinski definition) is 3. The Hall–Kier alpha value is -2.04. The lowest BCUT2D eigenvalue weighted by Gasteiger charge is -1.88. The van der Waals surface area contributed by atoms with E-state index < -0.39 is 0 Å². The molecule has 0 bridgehead atoms. The van der Waals surface area contributed by atoms with Gasteiger partial charge >= 0.3 is 0 Å². The molecule has 17 heavy (non-hydrogen) atoms. The lowest BCUT2D eigenvalue weighted by atomic mass is 10.3. The standard InChI is InChI=1S/C12H14N3O2/c1-9(16)7-14-11-5-3-4-6-12(11)15(13-14)8-10(2)17/h3-6H,7-8H2,1-2H3/q+1. The van der Waals surface area contributed by atoms with E-state index >= 15 is 0 Å². The summed E-state index contributed by atoms with van der Waals surface area (Å²) in [5.41, 5.74) is 1.73. The largest absolute Gasteiger partial charge is 0.295 e. The van der Waals surface area contributed by atoms with Crippen molar-refractivity contribution in [3.63, 3.8) is 0 Å². The van der Waals surface area contributed by atoms with Crippen molar-refractivity contribution in [2.45, 2.75) is 26.9 Å². The zero-order valence-electron chi connectivity index (χ0n) is 9.88. The molecule has 0 spiro atoms. The van der Waals surface area contributed by atoms with Crippen LogP contribution < -0.4 is 4.68 Å². The fourth-order valence-corrected chi connectivity index (χ4v) is 1.78. The second kappa shape index (κ2) is 4.45. The van der Waals surface area contributed by atoms with E-state index in [0.29, 0.717) is 0 Å². The van der Waals surface area contributed by atoms with Crippen LogP contribution in [-0.2, 0) is 22.7 Å². The molecule has 88 valence electrons. The van der Waals surface area contributed by atoms with Crippen LogP contribution in [0.15, 0.2) is 24.3 Å². The van der Waals surface area contributed by atoms with E-state index in [4.69, 9.17) is 0 Å². The average Bonchev–Trinajstić information content (AvgIpc) is 2.56. The van der Waals surface area contributed by atoms with Gasteiger partial charge in [0.15, 0.2) is 35.7 Å². The molecule has 0 amide bonds. The van der Waals surface area contributed by atoms with Crippen LogP contribution >= 0.6 is 0 Å². The van der Waals surface area contributed by atoms with Crippen molar-refractivity contribution in [2.75, 3.05) is 0 Å². The minimum Gasteiger partial charge on any atom is -0.295 e. The molecule has 0 aliphatic rings. The molecular weight excluding hydrogens is 218 g/mol. The molecule has 1 heterocycles. The van der Waals surface area contributed by atoms with Crippen molar-refractivity contribution in [3.05, 3.63) is 24.3 Å². The van der Waals surface area contributed by atoms with Crippen LogP contribution in [-0.4, -0.2) is 21.5 Å². The molecule has 1 aromatic carbocycles. The summed E-state index contributed by atoms with van der Waals surface area (Å²) >= 11 is 0. The number of benzene rings is 1. The average molecular weight is 232 g/mol. The first-order valence-electron chi connectivity index (χ1n) is 5.42. The first-order valence-corrected chi connectivity index (χ1v) is 5.42. The molecule has 0 unspecified atom stereocenters. The number of ketones is 2. The maximum Gasteiger partial charge on any atom is 0.198 e. The molecule has 2 aromatic rings. The van der Waals surface area contributed by atoms with Gasteiger partial charge in [0.05, 0.1) is 5.21 Å². The van der Waals surface area contributed by atoms with Gasteiger partial charge in [-0.15, -0.1) is 9.36 Å². The molecule has 0 aliphatic carbocycles. The van der Waals surface area contributed by atoms with Crippen LogP contribution in [0.25, 0.3) is 11.0 Å². The quantitative estimate of drug-likeness (QED) is 0.721. The van der Waals surface area contributed by atoms with Gasteiger partial charge in [0.25, 0.3) is 0 Å². The lowest BCUT2D eigenvalue weighted by Crippen LogP contribution is -2.40. The van der Waals surface area contributed by atoms with Gasteiger partial charge in [-0.25, -0.2) is 0 Å². The van der Waals surface area contributed by atoms with Crippen molar-refractivity contribution < 1.29 is 14.3 Å². The number of aromatic nitrogens is 3. The highest BCUT2D eigenvalue weighted by atomic mass is 16.1. The number of Topliss-reactive ketones (excluding diaryl/α,β-unsaturated/α-hetero) is 2. The maximum atomic E-state index is 11.2. The van der Waals surface area contributed by atoms with Crippen molar-refractivity contribution in [2.24, 2.45) is 0 Å². The molecule has 0 saturated heterocycles. The third-order valence-corrected chi connectivity index (χ3v) is 2.40. The Balaban J connectivity index is 2.53. The first-order chi connectivity index (χ1) is 8.08. The van der Waals surface area contributed by atoms with Crippen LogP contribution in [0, 0.1) is 0 Å². The van der Waals surface area contributed by atoms with Crippen LogP contribution in [0.5, 0.6) is 0 Å². The summed E-state index contributed by atoms with van der Waals surface area (Å²) in [7, 11) is 0. The number of nitrogens with zero attached hydrogens (tertiary/aromatic N) is 3. The molecule has 0 N–H and O–H groups in total. The van der Waals surface area contributed by atoms with Gasteiger partial charge in [-0.3, -0.25) is 9.59 Å². The van der Waals surface area contributed by atoms with Gasteiger partial charge < -0.3 is 0 Å². The normalized spacial score (nSPS) is 10.7. The highest BCUT2D eigenvalue weighted by Gasteiger charge is 2.19. The monoisotopic (exact) mass is 232 g/mol. The Morgan fingerprint density at radius 2 is 1.94 bits per heavy atom. The third kappa shape index (κ3) is 2.38. The van der Waals surface area contributed by atoms with E-state index in [1.807, 2.05) is 24.3 Å². The molecule has 0 radical (unpaired) electrons. The van der Waals surface area contributed by atoms with Gasteiger partial charge in [-0.05, 0) is 26.0 Å². The molecule has 0 aliphatic heterocycles. The van der Waals surface area contributed by atoms with Crippen molar-refractivity contribution >= 4 is 22.6 Å². The van der Waals surface area contributed by atoms with Gasteiger partial charge in [-0.1, -0.05) is 12.1 Å². The molecule has 0 fully saturated rings. The second-order valence-electron chi connectivity index (χ2n) is 4.10. The third-order valence-electron chi connectivity index (χ3n) is 2.40. The lowest BCUT2D eigenvalue weighted by molar-refractivity contribution is -0.720. The summed E-state index contributed by atoms with van der Waals surface area (Å²) in [5.74, 6) is 0.0708. The van der Waals surface area contributed by atoms with E-state index in [2.05, 4.69) is 5.21 Å². The van der Waals surface area contributed by atoms with Crippen LogP contribution in [0.4, 0.5) is 0 Å². The highest BCUT2D eigenvalue weighted by Crippen LogP contribution is 2.08. The van der Waals surface area contributed by atoms with Gasteiger partial charge in [0, 0.05) is 0 Å². The number of rotatable bonds is 4. The second-order valence-corrected chi connectivity index (χ2v) is 4.10. The Kier molecular flexibility index (Phi) is 2.99. The molecular formula is C12H14N3O2+. The maximum absolute atomic E-state index is 11.2. The Bertz CT molecular complexity index is 536. The van der Waals surface area contributed by atoms with Crippen molar-refractivity contribution in [3.8, 4) is 0 Å². The topological polar surface area (TPSA) is 55.8 Å². The van der Waals surface area contributed by atoms with Crippen molar-refractivity contribution in [1.82, 2.24) is 9.90 Å². The molecule has 5 heteroatoms. The number of carbonyl (C=O) groups is 2. The number of para-hydroxylation sites is 2. The van der Waals surface area contributed by atoms with E-state index in [1.165, 1.54) is 13.8 Å². The van der Waals surface area contributed by atoms with E-state index in [1.54, 1.807) is 9.36 Å². The SMILES string of the molecule is CC(=O)Cn1n[n+](CC(C)=O)c2ccccc21. The molecule has 5 nitrogen and oxygen atoms in total. The molecule has 1 aromatic heterocycles. The smallest absolute Gasteiger partial charge is 0.198 e. The Labute approximate surface area is 98.6 Å². The van der Waals surface area contributed by atoms with Crippen LogP contribution in [0.3, 0.4) is 0 Å². The summed E-state index contributed by atoms with van der Waals surface area (Å²) in [4.78, 5) is 22.3. The van der Waals surface area contributed by atoms with E-state index in [0.717, 1.165) is 11.0 Å². The first kappa shape index (κ1) is 11.4. The predicted molar refractivity (Wildman–Crippen MR) is 61.3 cm³/mol. The minimum atomic E-state index is 0.0354. The van der Waals surface area contributed by atoms with E-state index in [9.17, 15) is 9.59 Å². The number of hydrogen-bond donors (Lipinski definition) is 0. The summed E-state index contributed by atoms with van der Waals surface area (Å²) in [6, 6.07) is 7.56. The molecule has 2 rings (SSSR count). The molecule has 0 saturated carbocycles. The van der Waals surface area contributed by atoms with Gasteiger partial charge in [-0.2, -0.15) is 0 Å². The van der Waals surface area contributed by atoms with E-state index in [-0.39, 0.29) is 24.7 Å². The van der Waals surface area contributed by atoms with Crippen LogP contribution in [0.1, 0.15) is 13.8 Å². The zero-order valence-corrected chi connectivity index (χ0v) is 9.88. The van der Waals surface area contributed by atoms with Crippen molar-refractivity contribution in [1.29, 1.82) is 0 Å².